The fourth-order valence-electron chi connectivity index (χ4n) is 2.55. The van der Waals surface area contributed by atoms with Crippen molar-refractivity contribution in [3.63, 3.8) is 0 Å². The summed E-state index contributed by atoms with van der Waals surface area (Å²) in [7, 11) is 0. The molecule has 0 saturated carbocycles. The molecule has 0 spiro atoms. The lowest BCUT2D eigenvalue weighted by Crippen LogP contribution is -2.42. The second-order valence-corrected chi connectivity index (χ2v) is 5.85. The first-order valence-electron chi connectivity index (χ1n) is 8.49. The number of nitrogens with zero attached hydrogens (tertiary/aromatic N) is 1. The molecule has 5 heteroatoms. The Kier molecular flexibility index (Phi) is 6.91. The molecule has 0 aliphatic carbocycles. The Morgan fingerprint density at radius 3 is 2.48 bits per heavy atom. The number of nitrogens with one attached hydrogen (secondary N) is 1. The van der Waals surface area contributed by atoms with Crippen LogP contribution in [0.2, 0.25) is 0 Å². The highest BCUT2D eigenvalue weighted by molar-refractivity contribution is 5.96. The molecule has 1 fully saturated rings. The summed E-state index contributed by atoms with van der Waals surface area (Å²) < 4.78 is 5.57. The molecule has 2 amide bonds. The highest BCUT2D eigenvalue weighted by atomic mass is 16.5. The van der Waals surface area contributed by atoms with Gasteiger partial charge in [-0.05, 0) is 49.9 Å². The third kappa shape index (κ3) is 5.58. The average molecular weight is 318 g/mol. The van der Waals surface area contributed by atoms with E-state index in [9.17, 15) is 9.59 Å². The Balaban J connectivity index is 1.77. The van der Waals surface area contributed by atoms with Crippen molar-refractivity contribution in [1.29, 1.82) is 0 Å². The summed E-state index contributed by atoms with van der Waals surface area (Å²) >= 11 is 0. The van der Waals surface area contributed by atoms with Gasteiger partial charge in [0, 0.05) is 18.7 Å². The summed E-state index contributed by atoms with van der Waals surface area (Å²) in [6.07, 6.45) is 5.40. The van der Waals surface area contributed by atoms with Gasteiger partial charge < -0.3 is 15.0 Å². The van der Waals surface area contributed by atoms with Crippen LogP contribution in [-0.4, -0.2) is 43.0 Å². The van der Waals surface area contributed by atoms with Crippen LogP contribution in [-0.2, 0) is 4.79 Å². The molecule has 0 bridgehead atoms. The number of amides is 2. The number of carbonyl (C=O) groups is 2. The van der Waals surface area contributed by atoms with Gasteiger partial charge in [-0.1, -0.05) is 13.3 Å². The topological polar surface area (TPSA) is 58.6 Å². The Morgan fingerprint density at radius 2 is 1.83 bits per heavy atom. The van der Waals surface area contributed by atoms with Gasteiger partial charge in [-0.15, -0.1) is 0 Å². The van der Waals surface area contributed by atoms with Gasteiger partial charge in [0.1, 0.15) is 5.75 Å². The van der Waals surface area contributed by atoms with Crippen molar-refractivity contribution in [2.45, 2.75) is 39.0 Å². The molecule has 1 N–H and O–H groups in total. The highest BCUT2D eigenvalue weighted by Gasteiger charge is 2.17. The van der Waals surface area contributed by atoms with Crippen LogP contribution in [0.25, 0.3) is 0 Å². The quantitative estimate of drug-likeness (QED) is 0.786. The number of rotatable bonds is 7. The van der Waals surface area contributed by atoms with Crippen molar-refractivity contribution in [3.05, 3.63) is 29.8 Å². The molecule has 126 valence electrons. The number of hydrogen-bond donors (Lipinski definition) is 1. The second kappa shape index (κ2) is 9.18. The smallest absolute Gasteiger partial charge is 0.251 e. The number of hydrogen-bond acceptors (Lipinski definition) is 3. The second-order valence-electron chi connectivity index (χ2n) is 5.85. The third-order valence-electron chi connectivity index (χ3n) is 3.99. The number of unbranched alkanes of at least 4 members (excludes halogenated alkanes) is 1. The average Bonchev–Trinajstić information content (AvgIpc) is 2.61. The molecule has 1 aliphatic heterocycles. The Hall–Kier alpha value is -2.04. The summed E-state index contributed by atoms with van der Waals surface area (Å²) in [6.45, 7) is 4.47. The number of benzene rings is 1. The molecule has 1 saturated heterocycles. The first-order chi connectivity index (χ1) is 11.2. The molecular formula is C18H26N2O3. The molecule has 1 aromatic rings. The lowest BCUT2D eigenvalue weighted by Gasteiger charge is -2.26. The number of ether oxygens (including phenoxy) is 1. The van der Waals surface area contributed by atoms with E-state index in [4.69, 9.17) is 4.74 Å². The van der Waals surface area contributed by atoms with Gasteiger partial charge in [-0.3, -0.25) is 9.59 Å². The number of piperidine rings is 1. The zero-order valence-electron chi connectivity index (χ0n) is 13.8. The maximum Gasteiger partial charge on any atom is 0.251 e. The van der Waals surface area contributed by atoms with Gasteiger partial charge in [-0.2, -0.15) is 0 Å². The minimum atomic E-state index is -0.226. The van der Waals surface area contributed by atoms with E-state index in [0.29, 0.717) is 12.2 Å². The predicted molar refractivity (Wildman–Crippen MR) is 89.6 cm³/mol. The standard InChI is InChI=1S/C18H26N2O3/c1-2-3-13-23-16-9-7-15(8-10-16)18(22)19-14-17(21)20-11-5-4-6-12-20/h7-10H,2-6,11-14H2,1H3,(H,19,22). The molecule has 23 heavy (non-hydrogen) atoms. The van der Waals surface area contributed by atoms with Crippen molar-refractivity contribution < 1.29 is 14.3 Å². The van der Waals surface area contributed by atoms with E-state index in [2.05, 4.69) is 12.2 Å². The van der Waals surface area contributed by atoms with Crippen LogP contribution in [0.4, 0.5) is 0 Å². The van der Waals surface area contributed by atoms with Crippen molar-refractivity contribution in [3.8, 4) is 5.75 Å². The van der Waals surface area contributed by atoms with Crippen LogP contribution < -0.4 is 10.1 Å². The lowest BCUT2D eigenvalue weighted by molar-refractivity contribution is -0.130. The normalized spacial score (nSPS) is 14.4. The third-order valence-corrected chi connectivity index (χ3v) is 3.99. The number of likely N-dealkylation sites (tertiary alicyclic amines) is 1. The summed E-state index contributed by atoms with van der Waals surface area (Å²) in [4.78, 5) is 25.9. The van der Waals surface area contributed by atoms with Gasteiger partial charge in [0.05, 0.1) is 13.2 Å². The van der Waals surface area contributed by atoms with Crippen LogP contribution in [0.3, 0.4) is 0 Å². The highest BCUT2D eigenvalue weighted by Crippen LogP contribution is 2.13. The summed E-state index contributed by atoms with van der Waals surface area (Å²) in [6, 6.07) is 7.03. The van der Waals surface area contributed by atoms with Gasteiger partial charge >= 0.3 is 0 Å². The van der Waals surface area contributed by atoms with Crippen LogP contribution in [0.15, 0.2) is 24.3 Å². The largest absolute Gasteiger partial charge is 0.494 e. The molecule has 0 atom stereocenters. The fourth-order valence-corrected chi connectivity index (χ4v) is 2.55. The minimum absolute atomic E-state index is 0.00225. The molecule has 0 radical (unpaired) electrons. The van der Waals surface area contributed by atoms with Crippen LogP contribution in [0.1, 0.15) is 49.4 Å². The number of carbonyl (C=O) groups excluding carboxylic acids is 2. The van der Waals surface area contributed by atoms with E-state index >= 15 is 0 Å². The van der Waals surface area contributed by atoms with E-state index < -0.39 is 0 Å². The maximum atomic E-state index is 12.1. The Labute approximate surface area is 138 Å². The monoisotopic (exact) mass is 318 g/mol. The summed E-state index contributed by atoms with van der Waals surface area (Å²) in [5.74, 6) is 0.535. The van der Waals surface area contributed by atoms with Gasteiger partial charge in [0.25, 0.3) is 5.91 Å². The molecule has 1 aromatic carbocycles. The summed E-state index contributed by atoms with van der Waals surface area (Å²) in [5.41, 5.74) is 0.541. The van der Waals surface area contributed by atoms with E-state index in [1.165, 1.54) is 6.42 Å². The molecule has 2 rings (SSSR count). The van der Waals surface area contributed by atoms with Crippen molar-refractivity contribution in [2.24, 2.45) is 0 Å². The van der Waals surface area contributed by atoms with Crippen LogP contribution in [0, 0.1) is 0 Å². The first kappa shape index (κ1) is 17.3. The van der Waals surface area contributed by atoms with Crippen LogP contribution in [0.5, 0.6) is 5.75 Å². The molecule has 1 heterocycles. The molecule has 5 nitrogen and oxygen atoms in total. The van der Waals surface area contributed by atoms with Gasteiger partial charge in [0.15, 0.2) is 0 Å². The maximum absolute atomic E-state index is 12.1. The van der Waals surface area contributed by atoms with E-state index in [-0.39, 0.29) is 18.4 Å². The van der Waals surface area contributed by atoms with E-state index in [1.54, 1.807) is 24.3 Å². The molecule has 0 aromatic heterocycles. The Morgan fingerprint density at radius 1 is 1.13 bits per heavy atom. The van der Waals surface area contributed by atoms with Gasteiger partial charge in [0.2, 0.25) is 5.91 Å². The zero-order chi connectivity index (χ0) is 16.5. The minimum Gasteiger partial charge on any atom is -0.494 e. The fraction of sp³-hybridized carbons (Fsp3) is 0.556. The molecule has 1 aliphatic rings. The zero-order valence-corrected chi connectivity index (χ0v) is 13.8. The van der Waals surface area contributed by atoms with Crippen molar-refractivity contribution in [2.75, 3.05) is 26.2 Å². The Bertz CT molecular complexity index is 508. The van der Waals surface area contributed by atoms with E-state index in [0.717, 1.165) is 44.5 Å². The van der Waals surface area contributed by atoms with Gasteiger partial charge in [-0.25, -0.2) is 0 Å². The molecular weight excluding hydrogens is 292 g/mol. The van der Waals surface area contributed by atoms with Crippen LogP contribution >= 0.6 is 0 Å². The predicted octanol–water partition coefficient (Wildman–Crippen LogP) is 2.61. The van der Waals surface area contributed by atoms with Crippen molar-refractivity contribution >= 4 is 11.8 Å². The SMILES string of the molecule is CCCCOc1ccc(C(=O)NCC(=O)N2CCCCC2)cc1. The van der Waals surface area contributed by atoms with E-state index in [1.807, 2.05) is 4.90 Å². The first-order valence-corrected chi connectivity index (χ1v) is 8.49. The lowest BCUT2D eigenvalue weighted by atomic mass is 10.1. The molecule has 0 unspecified atom stereocenters. The van der Waals surface area contributed by atoms with Crippen molar-refractivity contribution in [1.82, 2.24) is 10.2 Å². The summed E-state index contributed by atoms with van der Waals surface area (Å²) in [5, 5.41) is 2.70.